The second kappa shape index (κ2) is 8.22. The van der Waals surface area contributed by atoms with E-state index in [1.54, 1.807) is 19.3 Å². The molecule has 156 valence electrons. The minimum absolute atomic E-state index is 0.0945. The van der Waals surface area contributed by atoms with Crippen molar-refractivity contribution in [1.29, 1.82) is 0 Å². The minimum Gasteiger partial charge on any atom is -0.360 e. The Morgan fingerprint density at radius 2 is 1.94 bits per heavy atom. The van der Waals surface area contributed by atoms with Gasteiger partial charge in [0.05, 0.1) is 22.2 Å². The molecule has 0 bridgehead atoms. The summed E-state index contributed by atoms with van der Waals surface area (Å²) in [6.45, 7) is 1.76. The van der Waals surface area contributed by atoms with Crippen molar-refractivity contribution < 1.29 is 13.7 Å². The number of pyridine rings is 1. The third kappa shape index (κ3) is 4.20. The van der Waals surface area contributed by atoms with E-state index in [0.29, 0.717) is 23.0 Å². The van der Waals surface area contributed by atoms with E-state index >= 15 is 0 Å². The maximum absolute atomic E-state index is 14.5. The molecule has 3 heterocycles. The van der Waals surface area contributed by atoms with Crippen LogP contribution in [-0.2, 0) is 0 Å². The fourth-order valence-corrected chi connectivity index (χ4v) is 2.94. The Morgan fingerprint density at radius 1 is 1.10 bits per heavy atom. The molecule has 3 aromatic heterocycles. The first-order valence-electron chi connectivity index (χ1n) is 9.11. The summed E-state index contributed by atoms with van der Waals surface area (Å²) in [4.78, 5) is 30.2. The van der Waals surface area contributed by atoms with E-state index in [1.807, 2.05) is 0 Å². The van der Waals surface area contributed by atoms with Crippen molar-refractivity contribution in [3.8, 4) is 22.6 Å². The summed E-state index contributed by atoms with van der Waals surface area (Å²) >= 11 is 0. The van der Waals surface area contributed by atoms with Crippen LogP contribution in [0, 0.1) is 21.7 Å². The number of hydrogen-bond donors (Lipinski definition) is 2. The van der Waals surface area contributed by atoms with Gasteiger partial charge in [-0.3, -0.25) is 10.1 Å². The van der Waals surface area contributed by atoms with E-state index in [2.05, 4.69) is 30.2 Å². The number of imidazole rings is 1. The predicted octanol–water partition coefficient (Wildman–Crippen LogP) is 4.29. The third-order valence-electron chi connectivity index (χ3n) is 4.46. The molecule has 31 heavy (non-hydrogen) atoms. The van der Waals surface area contributed by atoms with Gasteiger partial charge in [-0.15, -0.1) is 0 Å². The van der Waals surface area contributed by atoms with Gasteiger partial charge in [-0.25, -0.2) is 28.7 Å². The van der Waals surface area contributed by atoms with Crippen LogP contribution in [0.3, 0.4) is 0 Å². The first-order valence-corrected chi connectivity index (χ1v) is 9.11. The van der Waals surface area contributed by atoms with Crippen LogP contribution in [0.25, 0.3) is 22.6 Å². The Kier molecular flexibility index (Phi) is 5.31. The second-order valence-corrected chi connectivity index (χ2v) is 6.58. The molecule has 4 aromatic rings. The molecule has 9 nitrogen and oxygen atoms in total. The summed E-state index contributed by atoms with van der Waals surface area (Å²) in [5.41, 5.74) is 0.645. The van der Waals surface area contributed by atoms with Crippen molar-refractivity contribution in [3.63, 3.8) is 0 Å². The number of nitrogens with one attached hydrogen (secondary N) is 2. The highest BCUT2D eigenvalue weighted by Crippen LogP contribution is 2.31. The van der Waals surface area contributed by atoms with E-state index in [1.165, 1.54) is 24.4 Å². The van der Waals surface area contributed by atoms with Gasteiger partial charge in [-0.2, -0.15) is 0 Å². The van der Waals surface area contributed by atoms with Gasteiger partial charge in [0.1, 0.15) is 29.5 Å². The Balaban J connectivity index is 1.71. The molecule has 0 aliphatic rings. The summed E-state index contributed by atoms with van der Waals surface area (Å²) in [5.74, 6) is -0.340. The van der Waals surface area contributed by atoms with E-state index in [4.69, 9.17) is 0 Å². The van der Waals surface area contributed by atoms with Gasteiger partial charge in [0, 0.05) is 36.3 Å². The molecule has 0 saturated carbocycles. The molecule has 1 aromatic carbocycles. The molecule has 4 rings (SSSR count). The number of hydrogen-bond acceptors (Lipinski definition) is 7. The van der Waals surface area contributed by atoms with Crippen molar-refractivity contribution in [1.82, 2.24) is 24.9 Å². The molecule has 0 aliphatic heterocycles. The molecule has 0 amide bonds. The Hall–Kier alpha value is -4.28. The van der Waals surface area contributed by atoms with Crippen molar-refractivity contribution in [2.24, 2.45) is 0 Å². The van der Waals surface area contributed by atoms with Gasteiger partial charge in [0.15, 0.2) is 5.82 Å². The molecular weight excluding hydrogens is 408 g/mol. The number of aromatic amines is 1. The van der Waals surface area contributed by atoms with Gasteiger partial charge in [-0.1, -0.05) is 0 Å². The highest BCUT2D eigenvalue weighted by molar-refractivity contribution is 5.77. The van der Waals surface area contributed by atoms with Crippen LogP contribution in [-0.4, -0.2) is 29.8 Å². The van der Waals surface area contributed by atoms with E-state index in [9.17, 15) is 18.9 Å². The lowest BCUT2D eigenvalue weighted by atomic mass is 10.1. The Morgan fingerprint density at radius 3 is 2.58 bits per heavy atom. The quantitative estimate of drug-likeness (QED) is 0.350. The molecule has 11 heteroatoms. The number of aromatic nitrogens is 5. The number of anilines is 1. The van der Waals surface area contributed by atoms with Gasteiger partial charge in [-0.05, 0) is 25.1 Å². The van der Waals surface area contributed by atoms with Crippen LogP contribution in [0.4, 0.5) is 20.3 Å². The van der Waals surface area contributed by atoms with Crippen LogP contribution < -0.4 is 5.32 Å². The molecule has 1 atom stereocenters. The summed E-state index contributed by atoms with van der Waals surface area (Å²) in [5, 5.41) is 13.8. The summed E-state index contributed by atoms with van der Waals surface area (Å²) in [7, 11) is 0. The SMILES string of the molecule is CC(Nc1ccc([N+](=O)[O-])cn1)c1ncc(-c2ncc[nH]2)c(-c2ccc(F)cc2F)n1. The van der Waals surface area contributed by atoms with Crippen LogP contribution in [0.1, 0.15) is 18.8 Å². The largest absolute Gasteiger partial charge is 0.360 e. The number of rotatable bonds is 6. The van der Waals surface area contributed by atoms with Gasteiger partial charge in [0.25, 0.3) is 5.69 Å². The summed E-state index contributed by atoms with van der Waals surface area (Å²) in [6, 6.07) is 5.55. The minimum atomic E-state index is -0.768. The first-order chi connectivity index (χ1) is 14.9. The van der Waals surface area contributed by atoms with E-state index < -0.39 is 22.6 Å². The van der Waals surface area contributed by atoms with Crippen LogP contribution in [0.2, 0.25) is 0 Å². The van der Waals surface area contributed by atoms with Crippen LogP contribution in [0.15, 0.2) is 55.1 Å². The molecular formula is C20H15F2N7O2. The maximum atomic E-state index is 14.5. The standard InChI is InChI=1S/C20H15F2N7O2/c1-11(27-17-5-3-13(9-25-17)29(30)31)19-26-10-15(20-23-6-7-24-20)18(28-19)14-4-2-12(21)8-16(14)22/h2-11H,1H3,(H,23,24)(H,25,27). The zero-order valence-electron chi connectivity index (χ0n) is 16.1. The zero-order chi connectivity index (χ0) is 22.0. The summed E-state index contributed by atoms with van der Waals surface area (Å²) in [6.07, 6.45) is 5.78. The zero-order valence-corrected chi connectivity index (χ0v) is 16.1. The van der Waals surface area contributed by atoms with Crippen molar-refractivity contribution in [2.45, 2.75) is 13.0 Å². The number of nitrogens with zero attached hydrogens (tertiary/aromatic N) is 5. The highest BCUT2D eigenvalue weighted by atomic mass is 19.1. The number of halogens is 2. The fourth-order valence-electron chi connectivity index (χ4n) is 2.94. The van der Waals surface area contributed by atoms with Crippen LogP contribution in [0.5, 0.6) is 0 Å². The monoisotopic (exact) mass is 423 g/mol. The third-order valence-corrected chi connectivity index (χ3v) is 4.46. The molecule has 0 aliphatic carbocycles. The smallest absolute Gasteiger partial charge is 0.287 e. The maximum Gasteiger partial charge on any atom is 0.287 e. The van der Waals surface area contributed by atoms with Crippen LogP contribution >= 0.6 is 0 Å². The number of benzene rings is 1. The second-order valence-electron chi connectivity index (χ2n) is 6.58. The molecule has 0 fully saturated rings. The topological polar surface area (TPSA) is 123 Å². The molecule has 1 unspecified atom stereocenters. The number of nitro groups is 1. The Bertz CT molecular complexity index is 1230. The lowest BCUT2D eigenvalue weighted by molar-refractivity contribution is -0.385. The fraction of sp³-hybridized carbons (Fsp3) is 0.100. The highest BCUT2D eigenvalue weighted by Gasteiger charge is 2.19. The lowest BCUT2D eigenvalue weighted by Gasteiger charge is -2.16. The van der Waals surface area contributed by atoms with Crippen molar-refractivity contribution in [3.05, 3.63) is 82.7 Å². The van der Waals surface area contributed by atoms with Crippen molar-refractivity contribution >= 4 is 11.5 Å². The number of H-pyrrole nitrogens is 1. The van der Waals surface area contributed by atoms with Crippen molar-refractivity contribution in [2.75, 3.05) is 5.32 Å². The first kappa shape index (κ1) is 20.0. The predicted molar refractivity (Wildman–Crippen MR) is 108 cm³/mol. The van der Waals surface area contributed by atoms with E-state index in [-0.39, 0.29) is 16.9 Å². The van der Waals surface area contributed by atoms with Gasteiger partial charge >= 0.3 is 0 Å². The normalized spacial score (nSPS) is 11.8. The van der Waals surface area contributed by atoms with Gasteiger partial charge < -0.3 is 10.3 Å². The average Bonchev–Trinajstić information content (AvgIpc) is 3.28. The molecule has 2 N–H and O–H groups in total. The van der Waals surface area contributed by atoms with Gasteiger partial charge in [0.2, 0.25) is 0 Å². The molecule has 0 spiro atoms. The molecule has 0 radical (unpaired) electrons. The molecule has 0 saturated heterocycles. The Labute approximate surface area is 174 Å². The average molecular weight is 423 g/mol. The van der Waals surface area contributed by atoms with E-state index in [0.717, 1.165) is 18.3 Å². The lowest BCUT2D eigenvalue weighted by Crippen LogP contribution is -2.13. The summed E-state index contributed by atoms with van der Waals surface area (Å²) < 4.78 is 27.9.